The van der Waals surface area contributed by atoms with Gasteiger partial charge in [0, 0.05) is 24.5 Å². The van der Waals surface area contributed by atoms with Crippen molar-refractivity contribution in [1.82, 2.24) is 20.2 Å². The van der Waals surface area contributed by atoms with Gasteiger partial charge < -0.3 is 5.32 Å². The first-order chi connectivity index (χ1) is 8.86. The Kier molecular flexibility index (Phi) is 3.57. The maximum atomic E-state index is 4.35. The van der Waals surface area contributed by atoms with Gasteiger partial charge in [-0.3, -0.25) is 4.90 Å². The maximum Gasteiger partial charge on any atom is 0.142 e. The minimum absolute atomic E-state index is 0.380. The molecule has 4 nitrogen and oxygen atoms in total. The predicted octanol–water partition coefficient (Wildman–Crippen LogP) is 1.58. The molecule has 1 aliphatic carbocycles. The van der Waals surface area contributed by atoms with Crippen molar-refractivity contribution in [3.63, 3.8) is 0 Å². The van der Waals surface area contributed by atoms with Crippen LogP contribution in [0.3, 0.4) is 0 Å². The van der Waals surface area contributed by atoms with Crippen LogP contribution in [0.2, 0.25) is 0 Å². The van der Waals surface area contributed by atoms with Crippen molar-refractivity contribution in [1.29, 1.82) is 0 Å². The van der Waals surface area contributed by atoms with E-state index in [1.807, 2.05) is 18.5 Å². The van der Waals surface area contributed by atoms with E-state index in [4.69, 9.17) is 0 Å². The number of rotatable bonds is 2. The summed E-state index contributed by atoms with van der Waals surface area (Å²) < 4.78 is 0. The van der Waals surface area contributed by atoms with Crippen molar-refractivity contribution < 1.29 is 0 Å². The zero-order valence-corrected chi connectivity index (χ0v) is 10.9. The average Bonchev–Trinajstić information content (AvgIpc) is 2.75. The van der Waals surface area contributed by atoms with Gasteiger partial charge in [-0.05, 0) is 38.4 Å². The lowest BCUT2D eigenvalue weighted by molar-refractivity contribution is 0.199. The van der Waals surface area contributed by atoms with Gasteiger partial charge in [0.25, 0.3) is 0 Å². The van der Waals surface area contributed by atoms with Crippen LogP contribution in [0.5, 0.6) is 0 Å². The highest BCUT2D eigenvalue weighted by molar-refractivity contribution is 4.98. The SMILES string of the molecule is c1cnc(CN2CCCNC3(CCCC3)C2)nc1. The minimum Gasteiger partial charge on any atom is -0.310 e. The highest BCUT2D eigenvalue weighted by Gasteiger charge is 2.36. The molecule has 1 aliphatic heterocycles. The second-order valence-electron chi connectivity index (χ2n) is 5.64. The van der Waals surface area contributed by atoms with Gasteiger partial charge in [-0.2, -0.15) is 0 Å². The molecule has 2 aliphatic rings. The Morgan fingerprint density at radius 3 is 2.72 bits per heavy atom. The summed E-state index contributed by atoms with van der Waals surface area (Å²) in [5.74, 6) is 0.951. The summed E-state index contributed by atoms with van der Waals surface area (Å²) in [4.78, 5) is 11.2. The van der Waals surface area contributed by atoms with Crippen molar-refractivity contribution in [3.05, 3.63) is 24.3 Å². The molecular weight excluding hydrogens is 224 g/mol. The molecule has 3 rings (SSSR count). The van der Waals surface area contributed by atoms with Crippen LogP contribution in [0.15, 0.2) is 18.5 Å². The van der Waals surface area contributed by atoms with Gasteiger partial charge in [-0.1, -0.05) is 12.8 Å². The fourth-order valence-corrected chi connectivity index (χ4v) is 3.35. The van der Waals surface area contributed by atoms with Gasteiger partial charge in [-0.25, -0.2) is 9.97 Å². The van der Waals surface area contributed by atoms with Gasteiger partial charge >= 0.3 is 0 Å². The van der Waals surface area contributed by atoms with Crippen molar-refractivity contribution >= 4 is 0 Å². The van der Waals surface area contributed by atoms with Crippen LogP contribution in [0.1, 0.15) is 37.9 Å². The number of nitrogens with one attached hydrogen (secondary N) is 1. The van der Waals surface area contributed by atoms with E-state index in [1.165, 1.54) is 32.1 Å². The number of hydrogen-bond acceptors (Lipinski definition) is 4. The molecule has 4 heteroatoms. The third-order valence-corrected chi connectivity index (χ3v) is 4.22. The summed E-state index contributed by atoms with van der Waals surface area (Å²) in [6.07, 6.45) is 10.3. The molecule has 1 saturated carbocycles. The van der Waals surface area contributed by atoms with E-state index in [-0.39, 0.29) is 0 Å². The van der Waals surface area contributed by atoms with Crippen LogP contribution in [0.25, 0.3) is 0 Å². The molecule has 0 atom stereocenters. The highest BCUT2D eigenvalue weighted by Crippen LogP contribution is 2.31. The second kappa shape index (κ2) is 5.33. The average molecular weight is 246 g/mol. The van der Waals surface area contributed by atoms with Crippen LogP contribution >= 0.6 is 0 Å². The van der Waals surface area contributed by atoms with Gasteiger partial charge in [0.2, 0.25) is 0 Å². The van der Waals surface area contributed by atoms with E-state index in [0.29, 0.717) is 5.54 Å². The van der Waals surface area contributed by atoms with Crippen LogP contribution in [0, 0.1) is 0 Å². The number of aromatic nitrogens is 2. The molecule has 1 spiro atoms. The monoisotopic (exact) mass is 246 g/mol. The van der Waals surface area contributed by atoms with E-state index in [0.717, 1.165) is 32.0 Å². The van der Waals surface area contributed by atoms with E-state index in [9.17, 15) is 0 Å². The van der Waals surface area contributed by atoms with Crippen molar-refractivity contribution in [2.45, 2.75) is 44.2 Å². The van der Waals surface area contributed by atoms with Crippen LogP contribution in [0.4, 0.5) is 0 Å². The molecule has 2 fully saturated rings. The summed E-state index contributed by atoms with van der Waals surface area (Å²) in [5, 5.41) is 3.79. The summed E-state index contributed by atoms with van der Waals surface area (Å²) in [6, 6.07) is 1.88. The lowest BCUT2D eigenvalue weighted by Gasteiger charge is -2.33. The standard InChI is InChI=1S/C14H22N4/c1-2-6-14(5-1)12-18(10-4-9-17-14)11-13-15-7-3-8-16-13/h3,7-8,17H,1-2,4-6,9-12H2. The van der Waals surface area contributed by atoms with E-state index < -0.39 is 0 Å². The van der Waals surface area contributed by atoms with Crippen LogP contribution in [-0.4, -0.2) is 40.0 Å². The van der Waals surface area contributed by atoms with Gasteiger partial charge in [0.15, 0.2) is 0 Å². The molecule has 0 radical (unpaired) electrons. The topological polar surface area (TPSA) is 41.1 Å². The van der Waals surface area contributed by atoms with E-state index >= 15 is 0 Å². The molecule has 0 unspecified atom stereocenters. The molecular formula is C14H22N4. The second-order valence-corrected chi connectivity index (χ2v) is 5.64. The van der Waals surface area contributed by atoms with Crippen molar-refractivity contribution in [3.8, 4) is 0 Å². The Morgan fingerprint density at radius 2 is 1.94 bits per heavy atom. The first-order valence-electron chi connectivity index (χ1n) is 7.10. The zero-order valence-electron chi connectivity index (χ0n) is 10.9. The zero-order chi connectivity index (χ0) is 12.3. The molecule has 0 bridgehead atoms. The van der Waals surface area contributed by atoms with Crippen LogP contribution < -0.4 is 5.32 Å². The first-order valence-corrected chi connectivity index (χ1v) is 7.10. The highest BCUT2D eigenvalue weighted by atomic mass is 15.2. The molecule has 0 amide bonds. The predicted molar refractivity (Wildman–Crippen MR) is 71.1 cm³/mol. The quantitative estimate of drug-likeness (QED) is 0.860. The molecule has 1 aromatic rings. The lowest BCUT2D eigenvalue weighted by Crippen LogP contribution is -2.49. The van der Waals surface area contributed by atoms with Crippen molar-refractivity contribution in [2.75, 3.05) is 19.6 Å². The molecule has 0 aromatic carbocycles. The fourth-order valence-electron chi connectivity index (χ4n) is 3.35. The van der Waals surface area contributed by atoms with E-state index in [1.54, 1.807) is 0 Å². The molecule has 1 N–H and O–H groups in total. The summed E-state index contributed by atoms with van der Waals surface area (Å²) in [6.45, 7) is 4.37. The Bertz CT molecular complexity index is 373. The molecule has 2 heterocycles. The van der Waals surface area contributed by atoms with E-state index in [2.05, 4.69) is 20.2 Å². The van der Waals surface area contributed by atoms with Crippen LogP contribution in [-0.2, 0) is 6.54 Å². The Morgan fingerprint density at radius 1 is 1.17 bits per heavy atom. The smallest absolute Gasteiger partial charge is 0.142 e. The van der Waals surface area contributed by atoms with Gasteiger partial charge in [0.05, 0.1) is 6.54 Å². The van der Waals surface area contributed by atoms with Gasteiger partial charge in [0.1, 0.15) is 5.82 Å². The maximum absolute atomic E-state index is 4.35. The fraction of sp³-hybridized carbons (Fsp3) is 0.714. The summed E-state index contributed by atoms with van der Waals surface area (Å²) in [5.41, 5.74) is 0.380. The Hall–Kier alpha value is -1.00. The minimum atomic E-state index is 0.380. The summed E-state index contributed by atoms with van der Waals surface area (Å²) >= 11 is 0. The molecule has 1 aromatic heterocycles. The Labute approximate surface area is 109 Å². The third-order valence-electron chi connectivity index (χ3n) is 4.22. The Balaban J connectivity index is 1.68. The van der Waals surface area contributed by atoms with Gasteiger partial charge in [-0.15, -0.1) is 0 Å². The molecule has 98 valence electrons. The molecule has 18 heavy (non-hydrogen) atoms. The lowest BCUT2D eigenvalue weighted by atomic mass is 9.97. The summed E-state index contributed by atoms with van der Waals surface area (Å²) in [7, 11) is 0. The third kappa shape index (κ3) is 2.70. The molecule has 1 saturated heterocycles. The largest absolute Gasteiger partial charge is 0.310 e. The van der Waals surface area contributed by atoms with Crippen molar-refractivity contribution in [2.24, 2.45) is 0 Å². The number of nitrogens with zero attached hydrogens (tertiary/aromatic N) is 3. The number of hydrogen-bond donors (Lipinski definition) is 1. The first kappa shape index (κ1) is 12.1. The normalized spacial score (nSPS) is 24.2.